The van der Waals surface area contributed by atoms with E-state index in [0.717, 1.165) is 5.69 Å². The number of carbonyl (C=O) groups is 2. The molecule has 0 unspecified atom stereocenters. The van der Waals surface area contributed by atoms with Crippen molar-refractivity contribution in [1.29, 1.82) is 0 Å². The van der Waals surface area contributed by atoms with Crippen LogP contribution in [0.2, 0.25) is 0 Å². The number of carboxylic acids is 1. The normalized spacial score (nSPS) is 21.2. The lowest BCUT2D eigenvalue weighted by Crippen LogP contribution is -2.49. The Morgan fingerprint density at radius 2 is 1.96 bits per heavy atom. The lowest BCUT2D eigenvalue weighted by Gasteiger charge is -2.37. The molecule has 2 atom stereocenters. The fourth-order valence-corrected chi connectivity index (χ4v) is 3.07. The molecular formula is C17H19N3O3. The van der Waals surface area contributed by atoms with Crippen molar-refractivity contribution in [2.45, 2.75) is 25.8 Å². The van der Waals surface area contributed by atoms with E-state index in [1.54, 1.807) is 28.8 Å². The fraction of sp³-hybridized carbons (Fsp3) is 0.353. The first-order valence-electron chi connectivity index (χ1n) is 7.73. The van der Waals surface area contributed by atoms with Gasteiger partial charge in [0.2, 0.25) is 0 Å². The molecule has 6 nitrogen and oxygen atoms in total. The van der Waals surface area contributed by atoms with Gasteiger partial charge in [0.15, 0.2) is 5.69 Å². The number of nitrogens with zero attached hydrogens (tertiary/aromatic N) is 3. The average molecular weight is 313 g/mol. The van der Waals surface area contributed by atoms with E-state index in [0.29, 0.717) is 25.1 Å². The first-order valence-corrected chi connectivity index (χ1v) is 7.73. The SMILES string of the molecule is C[C@@H]1[C@H](C(=O)O)CCCN1C(=O)c1ccn(-c2ccccc2)n1. The number of hydrogen-bond acceptors (Lipinski definition) is 3. The van der Waals surface area contributed by atoms with Gasteiger partial charge in [-0.3, -0.25) is 9.59 Å². The summed E-state index contributed by atoms with van der Waals surface area (Å²) < 4.78 is 1.65. The first-order chi connectivity index (χ1) is 11.1. The van der Waals surface area contributed by atoms with Crippen molar-refractivity contribution >= 4 is 11.9 Å². The Morgan fingerprint density at radius 1 is 1.22 bits per heavy atom. The number of carbonyl (C=O) groups excluding carboxylic acids is 1. The molecule has 0 spiro atoms. The Bertz CT molecular complexity index is 711. The van der Waals surface area contributed by atoms with E-state index in [4.69, 9.17) is 0 Å². The third-order valence-electron chi connectivity index (χ3n) is 4.40. The molecule has 1 aromatic carbocycles. The molecule has 1 aromatic heterocycles. The zero-order valence-corrected chi connectivity index (χ0v) is 12.9. The van der Waals surface area contributed by atoms with Gasteiger partial charge >= 0.3 is 5.97 Å². The van der Waals surface area contributed by atoms with E-state index in [-0.39, 0.29) is 11.9 Å². The van der Waals surface area contributed by atoms with Crippen LogP contribution in [0, 0.1) is 5.92 Å². The fourth-order valence-electron chi connectivity index (χ4n) is 3.07. The van der Waals surface area contributed by atoms with Gasteiger partial charge in [-0.15, -0.1) is 0 Å². The summed E-state index contributed by atoms with van der Waals surface area (Å²) in [5, 5.41) is 13.6. The zero-order chi connectivity index (χ0) is 16.4. The lowest BCUT2D eigenvalue weighted by molar-refractivity contribution is -0.144. The summed E-state index contributed by atoms with van der Waals surface area (Å²) >= 11 is 0. The number of aromatic nitrogens is 2. The quantitative estimate of drug-likeness (QED) is 0.942. The number of hydrogen-bond donors (Lipinski definition) is 1. The molecular weight excluding hydrogens is 294 g/mol. The molecule has 1 saturated heterocycles. The Kier molecular flexibility index (Phi) is 4.14. The minimum atomic E-state index is -0.843. The maximum absolute atomic E-state index is 12.7. The minimum Gasteiger partial charge on any atom is -0.481 e. The standard InChI is InChI=1S/C17H19N3O3/c1-12-14(17(22)23)8-5-10-19(12)16(21)15-9-11-20(18-15)13-6-3-2-4-7-13/h2-4,6-7,9,11-12,14H,5,8,10H2,1H3,(H,22,23)/t12-,14-/m1/s1. The number of aliphatic carboxylic acids is 1. The van der Waals surface area contributed by atoms with Gasteiger partial charge in [-0.05, 0) is 38.0 Å². The largest absolute Gasteiger partial charge is 0.481 e. The van der Waals surface area contributed by atoms with E-state index in [1.165, 1.54) is 0 Å². The number of benzene rings is 1. The molecule has 0 aliphatic carbocycles. The second-order valence-corrected chi connectivity index (χ2v) is 5.81. The van der Waals surface area contributed by atoms with Crippen LogP contribution in [0.15, 0.2) is 42.6 Å². The summed E-state index contributed by atoms with van der Waals surface area (Å²) in [6, 6.07) is 10.9. The highest BCUT2D eigenvalue weighted by atomic mass is 16.4. The summed E-state index contributed by atoms with van der Waals surface area (Å²) in [5.41, 5.74) is 1.22. The zero-order valence-electron chi connectivity index (χ0n) is 12.9. The molecule has 2 aromatic rings. The highest BCUT2D eigenvalue weighted by Crippen LogP contribution is 2.25. The van der Waals surface area contributed by atoms with E-state index in [9.17, 15) is 14.7 Å². The highest BCUT2D eigenvalue weighted by molar-refractivity contribution is 5.93. The molecule has 1 N–H and O–H groups in total. The Balaban J connectivity index is 1.81. The van der Waals surface area contributed by atoms with Crippen LogP contribution in [0.25, 0.3) is 5.69 Å². The molecule has 120 valence electrons. The number of piperidine rings is 1. The molecule has 0 saturated carbocycles. The third-order valence-corrected chi connectivity index (χ3v) is 4.40. The van der Waals surface area contributed by atoms with Crippen LogP contribution in [0.5, 0.6) is 0 Å². The van der Waals surface area contributed by atoms with Crippen molar-refractivity contribution in [3.63, 3.8) is 0 Å². The van der Waals surface area contributed by atoms with Crippen LogP contribution < -0.4 is 0 Å². The number of rotatable bonds is 3. The predicted octanol–water partition coefficient (Wildman–Crippen LogP) is 2.20. The molecule has 0 radical (unpaired) electrons. The highest BCUT2D eigenvalue weighted by Gasteiger charge is 2.36. The maximum atomic E-state index is 12.7. The van der Waals surface area contributed by atoms with Crippen LogP contribution >= 0.6 is 0 Å². The number of carboxylic acid groups (broad SMARTS) is 1. The van der Waals surface area contributed by atoms with Crippen LogP contribution in [0.3, 0.4) is 0 Å². The van der Waals surface area contributed by atoms with Crippen molar-refractivity contribution in [2.75, 3.05) is 6.54 Å². The molecule has 1 amide bonds. The third kappa shape index (κ3) is 2.97. The summed E-state index contributed by atoms with van der Waals surface area (Å²) in [6.07, 6.45) is 3.05. The number of amides is 1. The van der Waals surface area contributed by atoms with Crippen LogP contribution in [-0.2, 0) is 4.79 Å². The summed E-state index contributed by atoms with van der Waals surface area (Å²) in [6.45, 7) is 2.37. The molecule has 1 fully saturated rings. The van der Waals surface area contributed by atoms with Crippen LogP contribution in [0.1, 0.15) is 30.3 Å². The molecule has 1 aliphatic rings. The van der Waals surface area contributed by atoms with Gasteiger partial charge in [0.25, 0.3) is 5.91 Å². The smallest absolute Gasteiger partial charge is 0.308 e. The number of likely N-dealkylation sites (tertiary alicyclic amines) is 1. The van der Waals surface area contributed by atoms with Gasteiger partial charge in [-0.2, -0.15) is 5.10 Å². The number of para-hydroxylation sites is 1. The Hall–Kier alpha value is -2.63. The topological polar surface area (TPSA) is 75.4 Å². The van der Waals surface area contributed by atoms with Crippen molar-refractivity contribution in [1.82, 2.24) is 14.7 Å². The van der Waals surface area contributed by atoms with Crippen molar-refractivity contribution in [3.05, 3.63) is 48.3 Å². The van der Waals surface area contributed by atoms with E-state index < -0.39 is 11.9 Å². The van der Waals surface area contributed by atoms with E-state index >= 15 is 0 Å². The second kappa shape index (κ2) is 6.24. The summed E-state index contributed by atoms with van der Waals surface area (Å²) in [4.78, 5) is 25.6. The van der Waals surface area contributed by atoms with Crippen molar-refractivity contribution in [3.8, 4) is 5.69 Å². The molecule has 6 heteroatoms. The van der Waals surface area contributed by atoms with E-state index in [1.807, 2.05) is 30.3 Å². The maximum Gasteiger partial charge on any atom is 0.308 e. The van der Waals surface area contributed by atoms with Crippen molar-refractivity contribution in [2.24, 2.45) is 5.92 Å². The van der Waals surface area contributed by atoms with Gasteiger partial charge in [-0.1, -0.05) is 18.2 Å². The average Bonchev–Trinajstić information content (AvgIpc) is 3.05. The van der Waals surface area contributed by atoms with Gasteiger partial charge in [0, 0.05) is 18.8 Å². The van der Waals surface area contributed by atoms with Gasteiger partial charge in [0.05, 0.1) is 11.6 Å². The van der Waals surface area contributed by atoms with Gasteiger partial charge in [-0.25, -0.2) is 4.68 Å². The summed E-state index contributed by atoms with van der Waals surface area (Å²) in [7, 11) is 0. The van der Waals surface area contributed by atoms with Gasteiger partial charge < -0.3 is 10.0 Å². The summed E-state index contributed by atoms with van der Waals surface area (Å²) in [5.74, 6) is -1.56. The first kappa shape index (κ1) is 15.3. The minimum absolute atomic E-state index is 0.210. The van der Waals surface area contributed by atoms with Crippen molar-refractivity contribution < 1.29 is 14.7 Å². The predicted molar refractivity (Wildman–Crippen MR) is 84.4 cm³/mol. The van der Waals surface area contributed by atoms with Crippen LogP contribution in [0.4, 0.5) is 0 Å². The lowest BCUT2D eigenvalue weighted by atomic mass is 9.90. The molecule has 23 heavy (non-hydrogen) atoms. The Morgan fingerprint density at radius 3 is 2.65 bits per heavy atom. The monoisotopic (exact) mass is 313 g/mol. The van der Waals surface area contributed by atoms with Crippen LogP contribution in [-0.4, -0.2) is 44.3 Å². The van der Waals surface area contributed by atoms with Gasteiger partial charge in [0.1, 0.15) is 0 Å². The van der Waals surface area contributed by atoms with E-state index in [2.05, 4.69) is 5.10 Å². The second-order valence-electron chi connectivity index (χ2n) is 5.81. The molecule has 2 heterocycles. The molecule has 0 bridgehead atoms. The molecule has 1 aliphatic heterocycles. The molecule has 3 rings (SSSR count). The Labute approximate surface area is 134 Å².